The fourth-order valence-corrected chi connectivity index (χ4v) is 3.88. The molecule has 26 heavy (non-hydrogen) atoms. The minimum absolute atomic E-state index is 0.205. The summed E-state index contributed by atoms with van der Waals surface area (Å²) in [7, 11) is 0. The van der Waals surface area contributed by atoms with Gasteiger partial charge >= 0.3 is 0 Å². The number of anilines is 1. The zero-order valence-electron chi connectivity index (χ0n) is 15.5. The van der Waals surface area contributed by atoms with Crippen molar-refractivity contribution in [1.29, 1.82) is 0 Å². The van der Waals surface area contributed by atoms with Crippen molar-refractivity contribution >= 4 is 23.0 Å². The molecular formula is C21H28N3OS+. The van der Waals surface area contributed by atoms with Crippen LogP contribution in [0.3, 0.4) is 0 Å². The quantitative estimate of drug-likeness (QED) is 0.707. The van der Waals surface area contributed by atoms with Crippen molar-refractivity contribution in [2.24, 2.45) is 0 Å². The highest BCUT2D eigenvalue weighted by Crippen LogP contribution is 2.15. The van der Waals surface area contributed by atoms with Crippen LogP contribution in [0.15, 0.2) is 54.6 Å². The Kier molecular flexibility index (Phi) is 6.61. The topological polar surface area (TPSA) is 37.7 Å². The van der Waals surface area contributed by atoms with Crippen molar-refractivity contribution < 1.29 is 9.64 Å². The second-order valence-corrected chi connectivity index (χ2v) is 7.32. The molecule has 0 radical (unpaired) electrons. The highest BCUT2D eigenvalue weighted by molar-refractivity contribution is 7.80. The lowest BCUT2D eigenvalue weighted by atomic mass is 9.98. The van der Waals surface area contributed by atoms with Crippen LogP contribution in [0.1, 0.15) is 24.1 Å². The van der Waals surface area contributed by atoms with Gasteiger partial charge in [-0.2, -0.15) is 0 Å². The Hall–Kier alpha value is -1.95. The van der Waals surface area contributed by atoms with Gasteiger partial charge in [-0.05, 0) is 38.2 Å². The zero-order chi connectivity index (χ0) is 18.4. The summed E-state index contributed by atoms with van der Waals surface area (Å²) in [4.78, 5) is 1.54. The van der Waals surface area contributed by atoms with Gasteiger partial charge in [0.2, 0.25) is 0 Å². The third kappa shape index (κ3) is 5.04. The van der Waals surface area contributed by atoms with Crippen LogP contribution in [0, 0.1) is 6.92 Å². The molecule has 2 aromatic rings. The van der Waals surface area contributed by atoms with E-state index in [0.29, 0.717) is 11.2 Å². The van der Waals surface area contributed by atoms with Gasteiger partial charge in [-0.1, -0.05) is 48.0 Å². The number of ether oxygens (including phenoxy) is 1. The summed E-state index contributed by atoms with van der Waals surface area (Å²) in [5.41, 5.74) is 3.58. The van der Waals surface area contributed by atoms with E-state index in [1.807, 2.05) is 0 Å². The molecule has 0 amide bonds. The van der Waals surface area contributed by atoms with E-state index < -0.39 is 0 Å². The normalized spacial score (nSPS) is 17.3. The predicted molar refractivity (Wildman–Crippen MR) is 111 cm³/mol. The largest absolute Gasteiger partial charge is 0.370 e. The molecule has 1 saturated heterocycles. The standard InChI is InChI=1S/C21H27N3OS/c1-16-8-10-19(11-9-16)23-21(26)22-17(2)20(18-6-4-3-5-7-18)24-12-14-25-15-13-24/h3-11,17,20H,12-15H2,1-2H3,(H2,22,23,26)/p+1/t17-,20+/m0/s1. The van der Waals surface area contributed by atoms with Gasteiger partial charge in [0.1, 0.15) is 19.1 Å². The number of quaternary nitrogens is 1. The second kappa shape index (κ2) is 9.12. The Morgan fingerprint density at radius 2 is 1.69 bits per heavy atom. The molecule has 3 N–H and O–H groups in total. The van der Waals surface area contributed by atoms with Crippen molar-refractivity contribution in [3.63, 3.8) is 0 Å². The maximum Gasteiger partial charge on any atom is 0.171 e. The first kappa shape index (κ1) is 18.8. The first-order valence-electron chi connectivity index (χ1n) is 9.25. The highest BCUT2D eigenvalue weighted by Gasteiger charge is 2.31. The molecule has 0 aliphatic carbocycles. The summed E-state index contributed by atoms with van der Waals surface area (Å²) >= 11 is 5.56. The maximum absolute atomic E-state index is 5.56. The molecule has 0 unspecified atom stereocenters. The fourth-order valence-electron chi connectivity index (χ4n) is 3.58. The molecule has 2 aromatic carbocycles. The Bertz CT molecular complexity index is 699. The molecule has 1 heterocycles. The van der Waals surface area contributed by atoms with E-state index in [4.69, 9.17) is 17.0 Å². The summed E-state index contributed by atoms with van der Waals surface area (Å²) < 4.78 is 5.56. The molecular weight excluding hydrogens is 342 g/mol. The van der Waals surface area contributed by atoms with Gasteiger partial charge in [0.25, 0.3) is 0 Å². The van der Waals surface area contributed by atoms with E-state index in [0.717, 1.165) is 32.0 Å². The predicted octanol–water partition coefficient (Wildman–Crippen LogP) is 2.33. The smallest absolute Gasteiger partial charge is 0.171 e. The van der Waals surface area contributed by atoms with Gasteiger partial charge in [-0.3, -0.25) is 0 Å². The van der Waals surface area contributed by atoms with Crippen LogP contribution in [-0.2, 0) is 4.74 Å². The first-order valence-corrected chi connectivity index (χ1v) is 9.66. The highest BCUT2D eigenvalue weighted by atomic mass is 32.1. The average Bonchev–Trinajstić information content (AvgIpc) is 2.65. The molecule has 138 valence electrons. The lowest BCUT2D eigenvalue weighted by Crippen LogP contribution is -3.15. The number of rotatable bonds is 5. The van der Waals surface area contributed by atoms with Gasteiger partial charge in [0, 0.05) is 11.3 Å². The van der Waals surface area contributed by atoms with Crippen LogP contribution in [0.4, 0.5) is 5.69 Å². The van der Waals surface area contributed by atoms with Gasteiger partial charge in [0.05, 0.1) is 19.3 Å². The molecule has 5 heteroatoms. The first-order chi connectivity index (χ1) is 12.6. The van der Waals surface area contributed by atoms with Gasteiger partial charge < -0.3 is 20.3 Å². The molecule has 0 saturated carbocycles. The van der Waals surface area contributed by atoms with Crippen LogP contribution >= 0.6 is 12.2 Å². The Morgan fingerprint density at radius 1 is 1.04 bits per heavy atom. The minimum atomic E-state index is 0.205. The zero-order valence-corrected chi connectivity index (χ0v) is 16.3. The lowest BCUT2D eigenvalue weighted by molar-refractivity contribution is -0.940. The number of aryl methyl sites for hydroxylation is 1. The lowest BCUT2D eigenvalue weighted by Gasteiger charge is -2.35. The van der Waals surface area contributed by atoms with Crippen LogP contribution in [0.25, 0.3) is 0 Å². The van der Waals surface area contributed by atoms with E-state index in [9.17, 15) is 0 Å². The van der Waals surface area contributed by atoms with Crippen LogP contribution in [0.5, 0.6) is 0 Å². The van der Waals surface area contributed by atoms with Crippen LogP contribution in [0.2, 0.25) is 0 Å². The number of hydrogen-bond donors (Lipinski definition) is 3. The average molecular weight is 371 g/mol. The molecule has 1 aliphatic rings. The number of morpholine rings is 1. The molecule has 0 bridgehead atoms. The number of thiocarbonyl (C=S) groups is 1. The summed E-state index contributed by atoms with van der Waals surface area (Å²) in [5, 5.41) is 7.46. The van der Waals surface area contributed by atoms with Crippen LogP contribution in [-0.4, -0.2) is 37.5 Å². The Morgan fingerprint density at radius 3 is 2.35 bits per heavy atom. The fraction of sp³-hybridized carbons (Fsp3) is 0.381. The monoisotopic (exact) mass is 370 g/mol. The molecule has 0 spiro atoms. The summed E-state index contributed by atoms with van der Waals surface area (Å²) in [5.74, 6) is 0. The van der Waals surface area contributed by atoms with Crippen molar-refractivity contribution in [1.82, 2.24) is 5.32 Å². The van der Waals surface area contributed by atoms with E-state index in [1.54, 1.807) is 4.90 Å². The number of nitrogens with one attached hydrogen (secondary N) is 3. The summed E-state index contributed by atoms with van der Waals surface area (Å²) in [6, 6.07) is 19.5. The van der Waals surface area contributed by atoms with E-state index in [2.05, 4.69) is 79.1 Å². The van der Waals surface area contributed by atoms with Crippen molar-refractivity contribution in [2.45, 2.75) is 25.9 Å². The maximum atomic E-state index is 5.56. The molecule has 1 fully saturated rings. The molecule has 1 aliphatic heterocycles. The SMILES string of the molecule is Cc1ccc(NC(=S)N[C@@H](C)[C@H](c2ccccc2)[NH+]2CCOCC2)cc1. The van der Waals surface area contributed by atoms with Gasteiger partial charge in [-0.15, -0.1) is 0 Å². The Balaban J connectivity index is 1.69. The summed E-state index contributed by atoms with van der Waals surface area (Å²) in [6.07, 6.45) is 0. The van der Waals surface area contributed by atoms with Crippen molar-refractivity contribution in [3.05, 3.63) is 65.7 Å². The molecule has 3 rings (SSSR count). The van der Waals surface area contributed by atoms with E-state index in [1.165, 1.54) is 11.1 Å². The number of hydrogen-bond acceptors (Lipinski definition) is 2. The van der Waals surface area contributed by atoms with Crippen molar-refractivity contribution in [2.75, 3.05) is 31.6 Å². The molecule has 0 aromatic heterocycles. The minimum Gasteiger partial charge on any atom is -0.370 e. The molecule has 2 atom stereocenters. The third-order valence-electron chi connectivity index (χ3n) is 4.90. The van der Waals surface area contributed by atoms with Crippen molar-refractivity contribution in [3.8, 4) is 0 Å². The Labute approximate surface area is 161 Å². The van der Waals surface area contributed by atoms with E-state index >= 15 is 0 Å². The van der Waals surface area contributed by atoms with Gasteiger partial charge in [0.15, 0.2) is 5.11 Å². The second-order valence-electron chi connectivity index (χ2n) is 6.91. The number of benzene rings is 2. The van der Waals surface area contributed by atoms with Crippen LogP contribution < -0.4 is 15.5 Å². The summed E-state index contributed by atoms with van der Waals surface area (Å²) in [6.45, 7) is 7.96. The van der Waals surface area contributed by atoms with E-state index in [-0.39, 0.29) is 6.04 Å². The third-order valence-corrected chi connectivity index (χ3v) is 5.12. The van der Waals surface area contributed by atoms with Gasteiger partial charge in [-0.25, -0.2) is 0 Å². The molecule has 4 nitrogen and oxygen atoms in total.